The van der Waals surface area contributed by atoms with Crippen LogP contribution in [0.25, 0.3) is 0 Å². The first-order valence-corrected chi connectivity index (χ1v) is 7.84. The third-order valence-electron chi connectivity index (χ3n) is 4.28. The number of likely N-dealkylation sites (N-methyl/N-ethyl adjacent to an activating group) is 2. The van der Waals surface area contributed by atoms with E-state index in [-0.39, 0.29) is 6.04 Å². The maximum absolute atomic E-state index is 6.37. The number of methoxy groups -OCH3 is 1. The summed E-state index contributed by atoms with van der Waals surface area (Å²) in [6, 6.07) is 6.33. The highest BCUT2D eigenvalue weighted by molar-refractivity contribution is 6.30. The molecule has 1 aromatic carbocycles. The average molecular weight is 312 g/mol. The normalized spacial score (nSPS) is 22.2. The summed E-state index contributed by atoms with van der Waals surface area (Å²) in [6.07, 6.45) is 1.77. The van der Waals surface area contributed by atoms with Crippen LogP contribution >= 0.6 is 11.6 Å². The Morgan fingerprint density at radius 3 is 2.86 bits per heavy atom. The molecule has 0 aromatic heterocycles. The first kappa shape index (κ1) is 16.6. The van der Waals surface area contributed by atoms with Crippen LogP contribution < -0.4 is 10.5 Å². The lowest BCUT2D eigenvalue weighted by molar-refractivity contribution is 0.104. The summed E-state index contributed by atoms with van der Waals surface area (Å²) in [7, 11) is 6.04. The molecule has 5 heteroatoms. The van der Waals surface area contributed by atoms with Crippen LogP contribution in [0.1, 0.15) is 12.0 Å². The lowest BCUT2D eigenvalue weighted by Gasteiger charge is -2.38. The molecule has 0 saturated carbocycles. The third kappa shape index (κ3) is 4.58. The number of hydrogen-bond donors (Lipinski definition) is 1. The minimum Gasteiger partial charge on any atom is -0.496 e. The fourth-order valence-electron chi connectivity index (χ4n) is 2.98. The van der Waals surface area contributed by atoms with E-state index in [2.05, 4.69) is 23.9 Å². The molecule has 0 spiro atoms. The monoisotopic (exact) mass is 311 g/mol. The molecule has 1 aliphatic rings. The molecule has 2 N–H and O–H groups in total. The Bertz CT molecular complexity index is 469. The Kier molecular flexibility index (Phi) is 5.88. The molecular weight excluding hydrogens is 286 g/mol. The van der Waals surface area contributed by atoms with Gasteiger partial charge in [0, 0.05) is 36.7 Å². The molecule has 1 saturated heterocycles. The summed E-state index contributed by atoms with van der Waals surface area (Å²) in [5.74, 6) is 0.865. The Morgan fingerprint density at radius 2 is 2.14 bits per heavy atom. The van der Waals surface area contributed by atoms with Crippen molar-refractivity contribution in [3.05, 3.63) is 28.8 Å². The van der Waals surface area contributed by atoms with Crippen molar-refractivity contribution in [2.75, 3.05) is 40.8 Å². The molecule has 2 rings (SSSR count). The molecule has 1 fully saturated rings. The van der Waals surface area contributed by atoms with Gasteiger partial charge in [-0.15, -0.1) is 0 Å². The second-order valence-corrected chi connectivity index (χ2v) is 6.49. The molecule has 4 nitrogen and oxygen atoms in total. The van der Waals surface area contributed by atoms with E-state index in [4.69, 9.17) is 22.1 Å². The zero-order valence-corrected chi connectivity index (χ0v) is 13.9. The number of nitrogens with two attached hydrogens (primary N) is 1. The number of benzene rings is 1. The summed E-state index contributed by atoms with van der Waals surface area (Å²) >= 11 is 6.08. The van der Waals surface area contributed by atoms with Gasteiger partial charge >= 0.3 is 0 Å². The largest absolute Gasteiger partial charge is 0.496 e. The van der Waals surface area contributed by atoms with E-state index in [0.717, 1.165) is 48.8 Å². The molecule has 0 aliphatic carbocycles. The van der Waals surface area contributed by atoms with Gasteiger partial charge in [-0.25, -0.2) is 0 Å². The van der Waals surface area contributed by atoms with Gasteiger partial charge < -0.3 is 20.3 Å². The van der Waals surface area contributed by atoms with Gasteiger partial charge in [0.2, 0.25) is 0 Å². The number of halogens is 1. The van der Waals surface area contributed by atoms with Crippen molar-refractivity contribution < 1.29 is 4.74 Å². The predicted molar refractivity (Wildman–Crippen MR) is 88.2 cm³/mol. The molecule has 2 atom stereocenters. The quantitative estimate of drug-likeness (QED) is 0.901. The SMILES string of the molecule is COc1ccc(Cl)cc1CC(N)CC1CN(C)CCN1C. The van der Waals surface area contributed by atoms with Gasteiger partial charge in [-0.2, -0.15) is 0 Å². The van der Waals surface area contributed by atoms with E-state index >= 15 is 0 Å². The number of nitrogens with zero attached hydrogens (tertiary/aromatic N) is 2. The van der Waals surface area contributed by atoms with Crippen LogP contribution in [0.2, 0.25) is 5.02 Å². The molecule has 2 unspecified atom stereocenters. The maximum Gasteiger partial charge on any atom is 0.122 e. The van der Waals surface area contributed by atoms with Crippen molar-refractivity contribution in [2.24, 2.45) is 5.73 Å². The standard InChI is InChI=1S/C16H26ClN3O/c1-19-6-7-20(2)15(11-19)10-14(18)9-12-8-13(17)4-5-16(12)21-3/h4-5,8,14-15H,6-7,9-11,18H2,1-3H3. The summed E-state index contributed by atoms with van der Waals surface area (Å²) in [6.45, 7) is 3.32. The Balaban J connectivity index is 1.98. The lowest BCUT2D eigenvalue weighted by atomic mass is 9.97. The minimum atomic E-state index is 0.108. The molecule has 1 aliphatic heterocycles. The first-order chi connectivity index (χ1) is 9.99. The zero-order valence-electron chi connectivity index (χ0n) is 13.2. The van der Waals surface area contributed by atoms with Crippen molar-refractivity contribution in [1.29, 1.82) is 0 Å². The van der Waals surface area contributed by atoms with Crippen molar-refractivity contribution in [1.82, 2.24) is 9.80 Å². The van der Waals surface area contributed by atoms with Gasteiger partial charge in [0.05, 0.1) is 7.11 Å². The fraction of sp³-hybridized carbons (Fsp3) is 0.625. The Labute approximate surface area is 132 Å². The second kappa shape index (κ2) is 7.45. The highest BCUT2D eigenvalue weighted by Crippen LogP contribution is 2.24. The van der Waals surface area contributed by atoms with Gasteiger partial charge in [0.15, 0.2) is 0 Å². The van der Waals surface area contributed by atoms with E-state index in [0.29, 0.717) is 6.04 Å². The van der Waals surface area contributed by atoms with E-state index in [1.807, 2.05) is 18.2 Å². The van der Waals surface area contributed by atoms with Crippen molar-refractivity contribution >= 4 is 11.6 Å². The van der Waals surface area contributed by atoms with Gasteiger partial charge in [-0.1, -0.05) is 11.6 Å². The summed E-state index contributed by atoms with van der Waals surface area (Å²) in [5, 5.41) is 0.729. The lowest BCUT2D eigenvalue weighted by Crippen LogP contribution is -2.51. The van der Waals surface area contributed by atoms with E-state index in [1.165, 1.54) is 0 Å². The van der Waals surface area contributed by atoms with Gasteiger partial charge in [0.1, 0.15) is 5.75 Å². The second-order valence-electron chi connectivity index (χ2n) is 6.05. The van der Waals surface area contributed by atoms with E-state index in [9.17, 15) is 0 Å². The van der Waals surface area contributed by atoms with Crippen LogP contribution in [0.4, 0.5) is 0 Å². The van der Waals surface area contributed by atoms with Crippen LogP contribution in [0.15, 0.2) is 18.2 Å². The molecule has 21 heavy (non-hydrogen) atoms. The topological polar surface area (TPSA) is 41.7 Å². The van der Waals surface area contributed by atoms with Crippen LogP contribution in [-0.2, 0) is 6.42 Å². The minimum absolute atomic E-state index is 0.108. The van der Waals surface area contributed by atoms with Gasteiger partial charge in [-0.3, -0.25) is 0 Å². The van der Waals surface area contributed by atoms with Gasteiger partial charge in [-0.05, 0) is 50.7 Å². The van der Waals surface area contributed by atoms with E-state index in [1.54, 1.807) is 7.11 Å². The van der Waals surface area contributed by atoms with Crippen molar-refractivity contribution in [3.8, 4) is 5.75 Å². The molecule has 0 radical (unpaired) electrons. The maximum atomic E-state index is 6.37. The highest BCUT2D eigenvalue weighted by Gasteiger charge is 2.24. The highest BCUT2D eigenvalue weighted by atomic mass is 35.5. The van der Waals surface area contributed by atoms with Crippen LogP contribution in [0.5, 0.6) is 5.75 Å². The van der Waals surface area contributed by atoms with Crippen molar-refractivity contribution in [2.45, 2.75) is 24.9 Å². The Hall–Kier alpha value is -0.810. The summed E-state index contributed by atoms with van der Waals surface area (Å²) in [5.41, 5.74) is 7.46. The predicted octanol–water partition coefficient (Wildman–Crippen LogP) is 1.85. The average Bonchev–Trinajstić information content (AvgIpc) is 2.43. The first-order valence-electron chi connectivity index (χ1n) is 7.46. The number of hydrogen-bond acceptors (Lipinski definition) is 4. The molecule has 0 bridgehead atoms. The van der Waals surface area contributed by atoms with E-state index < -0.39 is 0 Å². The third-order valence-corrected chi connectivity index (χ3v) is 4.51. The zero-order chi connectivity index (χ0) is 15.4. The molecular formula is C16H26ClN3O. The molecule has 0 amide bonds. The van der Waals surface area contributed by atoms with Crippen molar-refractivity contribution in [3.63, 3.8) is 0 Å². The fourth-order valence-corrected chi connectivity index (χ4v) is 3.17. The smallest absolute Gasteiger partial charge is 0.122 e. The Morgan fingerprint density at radius 1 is 1.38 bits per heavy atom. The summed E-state index contributed by atoms with van der Waals surface area (Å²) in [4.78, 5) is 4.78. The van der Waals surface area contributed by atoms with Gasteiger partial charge in [0.25, 0.3) is 0 Å². The number of rotatable bonds is 5. The molecule has 1 aromatic rings. The van der Waals surface area contributed by atoms with Crippen LogP contribution in [0, 0.1) is 0 Å². The molecule has 1 heterocycles. The molecule has 118 valence electrons. The van der Waals surface area contributed by atoms with Crippen LogP contribution in [0.3, 0.4) is 0 Å². The number of ether oxygens (including phenoxy) is 1. The number of piperazine rings is 1. The summed E-state index contributed by atoms with van der Waals surface area (Å²) < 4.78 is 5.40. The van der Waals surface area contributed by atoms with Crippen LogP contribution in [-0.4, -0.2) is 62.7 Å².